The van der Waals surface area contributed by atoms with E-state index < -0.39 is 0 Å². The molecule has 1 heterocycles. The number of aromatic nitrogens is 1. The van der Waals surface area contributed by atoms with Crippen LogP contribution in [-0.4, -0.2) is 12.0 Å². The van der Waals surface area contributed by atoms with Gasteiger partial charge in [0.2, 0.25) is 0 Å². The molecular weight excluding hydrogens is 279 g/mol. The summed E-state index contributed by atoms with van der Waals surface area (Å²) in [5.74, 6) is 0.482. The quantitative estimate of drug-likeness (QED) is 0.762. The fraction of sp³-hybridized carbons (Fsp3) is 0.267. The summed E-state index contributed by atoms with van der Waals surface area (Å²) >= 11 is 11.9. The highest BCUT2D eigenvalue weighted by Gasteiger charge is 2.15. The van der Waals surface area contributed by atoms with Crippen LogP contribution in [0.5, 0.6) is 0 Å². The normalized spacial score (nSPS) is 12.2. The van der Waals surface area contributed by atoms with Gasteiger partial charge in [-0.3, -0.25) is 4.98 Å². The van der Waals surface area contributed by atoms with Crippen molar-refractivity contribution >= 4 is 28.9 Å². The van der Waals surface area contributed by atoms with E-state index in [4.69, 9.17) is 23.2 Å². The fourth-order valence-electron chi connectivity index (χ4n) is 2.02. The molecule has 0 aliphatic rings. The second-order valence-electron chi connectivity index (χ2n) is 4.48. The third-order valence-electron chi connectivity index (χ3n) is 3.34. The number of hydrogen-bond donors (Lipinski definition) is 0. The van der Waals surface area contributed by atoms with Crippen molar-refractivity contribution < 1.29 is 0 Å². The minimum absolute atomic E-state index is 0.225. The number of nitrogens with zero attached hydrogens (tertiary/aromatic N) is 2. The third kappa shape index (κ3) is 3.20. The maximum Gasteiger partial charge on any atom is 0.0599 e. The number of hydrogen-bond acceptors (Lipinski definition) is 2. The van der Waals surface area contributed by atoms with Crippen molar-refractivity contribution in [1.29, 1.82) is 0 Å². The summed E-state index contributed by atoms with van der Waals surface area (Å²) in [4.78, 5) is 6.36. The van der Waals surface area contributed by atoms with Crippen molar-refractivity contribution in [2.24, 2.45) is 0 Å². The molecule has 0 radical (unpaired) electrons. The number of rotatable bonds is 4. The van der Waals surface area contributed by atoms with Gasteiger partial charge in [0.25, 0.3) is 0 Å². The predicted octanol–water partition coefficient (Wildman–Crippen LogP) is 4.67. The summed E-state index contributed by atoms with van der Waals surface area (Å²) in [6.45, 7) is 2.15. The van der Waals surface area contributed by atoms with Crippen LogP contribution in [0, 0.1) is 0 Å². The molecule has 0 aliphatic carbocycles. The molecule has 2 rings (SSSR count). The minimum atomic E-state index is 0.225. The van der Waals surface area contributed by atoms with Crippen LogP contribution in [0.1, 0.15) is 24.1 Å². The molecule has 0 bridgehead atoms. The molecule has 4 heteroatoms. The first-order valence-corrected chi connectivity index (χ1v) is 7.02. The second-order valence-corrected chi connectivity index (χ2v) is 5.18. The largest absolute Gasteiger partial charge is 0.366 e. The van der Waals surface area contributed by atoms with Crippen LogP contribution in [0.2, 0.25) is 5.02 Å². The molecule has 0 saturated heterocycles. The Morgan fingerprint density at radius 2 is 1.89 bits per heavy atom. The number of benzene rings is 1. The Morgan fingerprint density at radius 3 is 2.53 bits per heavy atom. The van der Waals surface area contributed by atoms with E-state index in [2.05, 4.69) is 16.8 Å². The van der Waals surface area contributed by atoms with Gasteiger partial charge in [-0.25, -0.2) is 0 Å². The fourth-order valence-corrected chi connectivity index (χ4v) is 2.37. The Balaban J connectivity index is 2.28. The van der Waals surface area contributed by atoms with E-state index in [1.54, 1.807) is 6.20 Å². The van der Waals surface area contributed by atoms with Crippen molar-refractivity contribution in [3.05, 3.63) is 58.9 Å². The van der Waals surface area contributed by atoms with E-state index in [1.165, 1.54) is 5.56 Å². The highest BCUT2D eigenvalue weighted by molar-refractivity contribution is 6.30. The van der Waals surface area contributed by atoms with Crippen LogP contribution in [0.4, 0.5) is 5.69 Å². The molecule has 2 aromatic rings. The van der Waals surface area contributed by atoms with Crippen LogP contribution in [0.15, 0.2) is 42.7 Å². The summed E-state index contributed by atoms with van der Waals surface area (Å²) < 4.78 is 0. The van der Waals surface area contributed by atoms with Gasteiger partial charge in [0.05, 0.1) is 17.9 Å². The van der Waals surface area contributed by atoms with Gasteiger partial charge in [0.15, 0.2) is 0 Å². The molecule has 0 N–H and O–H groups in total. The summed E-state index contributed by atoms with van der Waals surface area (Å²) in [7, 11) is 2.05. The summed E-state index contributed by atoms with van der Waals surface area (Å²) in [6.07, 6.45) is 3.62. The zero-order valence-corrected chi connectivity index (χ0v) is 12.5. The van der Waals surface area contributed by atoms with E-state index in [0.29, 0.717) is 5.88 Å². The smallest absolute Gasteiger partial charge is 0.0599 e. The van der Waals surface area contributed by atoms with E-state index in [9.17, 15) is 0 Å². The van der Waals surface area contributed by atoms with Crippen molar-refractivity contribution in [3.63, 3.8) is 0 Å². The topological polar surface area (TPSA) is 16.1 Å². The molecule has 1 unspecified atom stereocenters. The van der Waals surface area contributed by atoms with Gasteiger partial charge < -0.3 is 4.90 Å². The molecule has 1 aromatic carbocycles. The molecule has 1 atom stereocenters. The Labute approximate surface area is 124 Å². The highest BCUT2D eigenvalue weighted by atomic mass is 35.5. The van der Waals surface area contributed by atoms with Crippen LogP contribution in [0.25, 0.3) is 0 Å². The van der Waals surface area contributed by atoms with E-state index >= 15 is 0 Å². The minimum Gasteiger partial charge on any atom is -0.366 e. The molecular formula is C15H16Cl2N2. The van der Waals surface area contributed by atoms with Gasteiger partial charge in [0, 0.05) is 24.1 Å². The molecule has 1 aromatic heterocycles. The summed E-state index contributed by atoms with van der Waals surface area (Å²) in [5, 5.41) is 0.751. The van der Waals surface area contributed by atoms with Crippen molar-refractivity contribution in [2.45, 2.75) is 18.8 Å². The van der Waals surface area contributed by atoms with Crippen LogP contribution in [-0.2, 0) is 5.88 Å². The molecule has 100 valence electrons. The van der Waals surface area contributed by atoms with Crippen LogP contribution >= 0.6 is 23.2 Å². The standard InChI is InChI=1S/C15H16Cl2N2/c1-11(12-3-5-14(17)6-4-12)19(2)15-10-18-8-7-13(15)9-16/h3-8,10-11H,9H2,1-2H3. The Bertz CT molecular complexity index is 540. The zero-order valence-electron chi connectivity index (χ0n) is 11.0. The monoisotopic (exact) mass is 294 g/mol. The lowest BCUT2D eigenvalue weighted by molar-refractivity contribution is 0.735. The first-order chi connectivity index (χ1) is 9.13. The number of anilines is 1. The molecule has 19 heavy (non-hydrogen) atoms. The predicted molar refractivity (Wildman–Crippen MR) is 82.1 cm³/mol. The summed E-state index contributed by atoms with van der Waals surface area (Å²) in [5.41, 5.74) is 3.34. The van der Waals surface area contributed by atoms with Gasteiger partial charge in [-0.1, -0.05) is 23.7 Å². The molecule has 0 aliphatic heterocycles. The van der Waals surface area contributed by atoms with Crippen molar-refractivity contribution in [1.82, 2.24) is 4.98 Å². The van der Waals surface area contributed by atoms with E-state index in [-0.39, 0.29) is 6.04 Å². The molecule has 0 amide bonds. The maximum absolute atomic E-state index is 5.98. The maximum atomic E-state index is 5.98. The average molecular weight is 295 g/mol. The SMILES string of the molecule is CC(c1ccc(Cl)cc1)N(C)c1cnccc1CCl. The molecule has 0 fully saturated rings. The first-order valence-electron chi connectivity index (χ1n) is 6.10. The first kappa shape index (κ1) is 14.2. The van der Waals surface area contributed by atoms with Gasteiger partial charge in [0.1, 0.15) is 0 Å². The van der Waals surface area contributed by atoms with Crippen LogP contribution in [0.3, 0.4) is 0 Å². The number of alkyl halides is 1. The summed E-state index contributed by atoms with van der Waals surface area (Å²) in [6, 6.07) is 10.1. The lowest BCUT2D eigenvalue weighted by Gasteiger charge is -2.28. The molecule has 2 nitrogen and oxygen atoms in total. The average Bonchev–Trinajstić information content (AvgIpc) is 2.46. The Hall–Kier alpha value is -1.25. The molecule has 0 saturated carbocycles. The second kappa shape index (κ2) is 6.27. The Morgan fingerprint density at radius 1 is 1.21 bits per heavy atom. The lowest BCUT2D eigenvalue weighted by Crippen LogP contribution is -2.22. The van der Waals surface area contributed by atoms with E-state index in [0.717, 1.165) is 16.3 Å². The number of pyridine rings is 1. The van der Waals surface area contributed by atoms with Gasteiger partial charge >= 0.3 is 0 Å². The van der Waals surface area contributed by atoms with Crippen molar-refractivity contribution in [3.8, 4) is 0 Å². The lowest BCUT2D eigenvalue weighted by atomic mass is 10.1. The van der Waals surface area contributed by atoms with Gasteiger partial charge in [-0.15, -0.1) is 11.6 Å². The van der Waals surface area contributed by atoms with E-state index in [1.807, 2.05) is 43.6 Å². The highest BCUT2D eigenvalue weighted by Crippen LogP contribution is 2.28. The molecule has 0 spiro atoms. The van der Waals surface area contributed by atoms with Gasteiger partial charge in [-0.05, 0) is 36.2 Å². The number of halogens is 2. The zero-order chi connectivity index (χ0) is 13.8. The van der Waals surface area contributed by atoms with Crippen LogP contribution < -0.4 is 4.90 Å². The van der Waals surface area contributed by atoms with Crippen molar-refractivity contribution in [2.75, 3.05) is 11.9 Å². The third-order valence-corrected chi connectivity index (χ3v) is 3.88. The Kier molecular flexibility index (Phi) is 4.67. The van der Waals surface area contributed by atoms with Gasteiger partial charge in [-0.2, -0.15) is 0 Å².